The molecule has 0 saturated carbocycles. The summed E-state index contributed by atoms with van der Waals surface area (Å²) in [7, 11) is -3.72. The van der Waals surface area contributed by atoms with Crippen LogP contribution in [-0.4, -0.2) is 50.1 Å². The maximum Gasteiger partial charge on any atom is 0.309 e. The van der Waals surface area contributed by atoms with Crippen LogP contribution in [-0.2, 0) is 19.6 Å². The highest BCUT2D eigenvalue weighted by Gasteiger charge is 2.35. The number of sulfonamides is 1. The Morgan fingerprint density at radius 1 is 1.09 bits per heavy atom. The fourth-order valence-electron chi connectivity index (χ4n) is 3.85. The summed E-state index contributed by atoms with van der Waals surface area (Å²) in [4.78, 5) is 26.9. The van der Waals surface area contributed by atoms with Gasteiger partial charge in [-0.2, -0.15) is 8.42 Å². The fourth-order valence-corrected chi connectivity index (χ4v) is 5.08. The molecule has 1 fully saturated rings. The molecule has 0 unspecified atom stereocenters. The second kappa shape index (κ2) is 8.42. The molecule has 0 radical (unpaired) electrons. The highest BCUT2D eigenvalue weighted by Crippen LogP contribution is 2.30. The predicted octanol–water partition coefficient (Wildman–Crippen LogP) is 2.94. The Balaban J connectivity index is 1.37. The number of benzene rings is 2. The van der Waals surface area contributed by atoms with Gasteiger partial charge in [0.05, 0.1) is 5.92 Å². The molecule has 1 saturated heterocycles. The second-order valence-corrected chi connectivity index (χ2v) is 9.29. The number of ketones is 1. The number of carbonyl (C=O) groups excluding carboxylic acids is 2. The third-order valence-corrected chi connectivity index (χ3v) is 6.93. The first-order valence-electron chi connectivity index (χ1n) is 10.1. The van der Waals surface area contributed by atoms with E-state index in [0.29, 0.717) is 37.3 Å². The molecule has 4 rings (SSSR count). The summed E-state index contributed by atoms with van der Waals surface area (Å²) >= 11 is 0. The van der Waals surface area contributed by atoms with Crippen molar-refractivity contribution in [3.63, 3.8) is 0 Å². The van der Waals surface area contributed by atoms with Gasteiger partial charge in [0.25, 0.3) is 10.0 Å². The highest BCUT2D eigenvalue weighted by atomic mass is 32.2. The van der Waals surface area contributed by atoms with E-state index in [1.54, 1.807) is 18.2 Å². The first-order valence-corrected chi connectivity index (χ1v) is 11.5. The lowest BCUT2D eigenvalue weighted by molar-refractivity contribution is -0.152. The van der Waals surface area contributed by atoms with Gasteiger partial charge in [0.2, 0.25) is 5.78 Å². The van der Waals surface area contributed by atoms with Crippen molar-refractivity contribution in [3.8, 4) is 0 Å². The lowest BCUT2D eigenvalue weighted by Crippen LogP contribution is -2.41. The Bertz CT molecular complexity index is 1220. The average molecular weight is 462 g/mol. The van der Waals surface area contributed by atoms with E-state index >= 15 is 0 Å². The van der Waals surface area contributed by atoms with E-state index in [1.807, 2.05) is 4.90 Å². The van der Waals surface area contributed by atoms with Crippen LogP contribution in [0.5, 0.6) is 0 Å². The molecular weight excluding hydrogens is 442 g/mol. The maximum atomic E-state index is 13.4. The number of nitrogens with zero attached hydrogens (tertiary/aromatic N) is 2. The number of piperidine rings is 1. The molecule has 2 aromatic carbocycles. The van der Waals surface area contributed by atoms with Gasteiger partial charge in [-0.15, -0.1) is 4.40 Å². The lowest BCUT2D eigenvalue weighted by Gasteiger charge is -2.32. The molecule has 2 aliphatic heterocycles. The molecule has 10 heteroatoms. The number of rotatable bonds is 4. The number of hydrogen-bond donors (Lipinski definition) is 0. The lowest BCUT2D eigenvalue weighted by atomic mass is 9.96. The Kier molecular flexibility index (Phi) is 5.81. The van der Waals surface area contributed by atoms with Gasteiger partial charge >= 0.3 is 5.97 Å². The topological polar surface area (TPSA) is 93.1 Å². The van der Waals surface area contributed by atoms with Gasteiger partial charge in [-0.05, 0) is 50.1 Å². The minimum atomic E-state index is -3.72. The van der Waals surface area contributed by atoms with Crippen LogP contribution in [0.1, 0.15) is 35.7 Å². The van der Waals surface area contributed by atoms with Crippen molar-refractivity contribution in [2.45, 2.75) is 30.8 Å². The molecule has 0 spiro atoms. The zero-order chi connectivity index (χ0) is 23.0. The first kappa shape index (κ1) is 22.1. The van der Waals surface area contributed by atoms with Crippen LogP contribution in [0.4, 0.5) is 8.78 Å². The fraction of sp³-hybridized carbons (Fsp3) is 0.318. The van der Waals surface area contributed by atoms with E-state index in [0.717, 1.165) is 18.2 Å². The van der Waals surface area contributed by atoms with E-state index in [2.05, 4.69) is 4.40 Å². The molecule has 168 valence electrons. The van der Waals surface area contributed by atoms with Crippen LogP contribution in [0.3, 0.4) is 0 Å². The molecule has 1 atom stereocenters. The summed E-state index contributed by atoms with van der Waals surface area (Å²) in [5, 5.41) is 0. The summed E-state index contributed by atoms with van der Waals surface area (Å²) in [6.07, 6.45) is -0.361. The van der Waals surface area contributed by atoms with E-state index in [1.165, 1.54) is 13.0 Å². The van der Waals surface area contributed by atoms with Crippen molar-refractivity contribution >= 4 is 27.6 Å². The number of carbonyl (C=O) groups is 2. The number of amidine groups is 1. The second-order valence-electron chi connectivity index (χ2n) is 7.72. The SMILES string of the molecule is C[C@H](OC(=O)C1CCN(C2=NS(=O)(=O)c3ccccc32)CC1)C(=O)c1ccc(F)c(F)c1. The molecular formula is C22H20F2N2O5S. The van der Waals surface area contributed by atoms with Crippen LogP contribution < -0.4 is 0 Å². The molecule has 2 aromatic rings. The molecule has 2 heterocycles. The normalized spacial score (nSPS) is 18.6. The number of halogens is 2. The number of ether oxygens (including phenoxy) is 1. The molecule has 0 aromatic heterocycles. The van der Waals surface area contributed by atoms with Gasteiger partial charge in [-0.25, -0.2) is 8.78 Å². The van der Waals surface area contributed by atoms with E-state index in [4.69, 9.17) is 4.74 Å². The van der Waals surface area contributed by atoms with Gasteiger partial charge in [0.15, 0.2) is 23.6 Å². The van der Waals surface area contributed by atoms with E-state index in [-0.39, 0.29) is 10.5 Å². The first-order chi connectivity index (χ1) is 15.2. The number of fused-ring (bicyclic) bond motifs is 1. The standard InChI is InChI=1S/C22H20F2N2O5S/c1-13(20(27)15-6-7-17(23)18(24)12-15)31-22(28)14-8-10-26(11-9-14)21-16-4-2-3-5-19(16)32(29,30)25-21/h2-7,12-14H,8-11H2,1H3/t13-/m0/s1. The summed E-state index contributed by atoms with van der Waals surface area (Å²) in [6.45, 7) is 2.17. The molecule has 0 bridgehead atoms. The minimum absolute atomic E-state index is 0.0851. The Morgan fingerprint density at radius 2 is 1.78 bits per heavy atom. The summed E-state index contributed by atoms with van der Waals surface area (Å²) in [5.74, 6) is -3.51. The zero-order valence-corrected chi connectivity index (χ0v) is 17.9. The number of hydrogen-bond acceptors (Lipinski definition) is 6. The Labute approximate surface area is 183 Å². The van der Waals surface area contributed by atoms with Gasteiger partial charge in [-0.1, -0.05) is 12.1 Å². The van der Waals surface area contributed by atoms with E-state index in [9.17, 15) is 26.8 Å². The van der Waals surface area contributed by atoms with Crippen LogP contribution in [0.15, 0.2) is 51.8 Å². The summed E-state index contributed by atoms with van der Waals surface area (Å²) in [5.41, 5.74) is 0.456. The number of esters is 1. The monoisotopic (exact) mass is 462 g/mol. The zero-order valence-electron chi connectivity index (χ0n) is 17.1. The minimum Gasteiger partial charge on any atom is -0.454 e. The molecule has 0 amide bonds. The molecule has 0 N–H and O–H groups in total. The van der Waals surface area contributed by atoms with Gasteiger partial charge in [-0.3, -0.25) is 9.59 Å². The molecule has 7 nitrogen and oxygen atoms in total. The maximum absolute atomic E-state index is 13.4. The van der Waals surface area contributed by atoms with Crippen LogP contribution >= 0.6 is 0 Å². The van der Waals surface area contributed by atoms with Gasteiger partial charge in [0.1, 0.15) is 4.90 Å². The summed E-state index contributed by atoms with van der Waals surface area (Å²) in [6, 6.07) is 9.34. The third-order valence-electron chi connectivity index (χ3n) is 5.61. The quantitative estimate of drug-likeness (QED) is 0.512. The van der Waals surface area contributed by atoms with Crippen molar-refractivity contribution < 1.29 is 31.5 Å². The van der Waals surface area contributed by atoms with Crippen molar-refractivity contribution in [1.82, 2.24) is 4.90 Å². The predicted molar refractivity (Wildman–Crippen MR) is 111 cm³/mol. The largest absolute Gasteiger partial charge is 0.454 e. The van der Waals surface area contributed by atoms with Crippen molar-refractivity contribution in [2.24, 2.45) is 10.3 Å². The molecule has 32 heavy (non-hydrogen) atoms. The molecule has 0 aliphatic carbocycles. The van der Waals surface area contributed by atoms with Crippen molar-refractivity contribution in [3.05, 3.63) is 65.2 Å². The van der Waals surface area contributed by atoms with Crippen LogP contribution in [0.2, 0.25) is 0 Å². The average Bonchev–Trinajstić information content (AvgIpc) is 3.06. The third kappa shape index (κ3) is 4.14. The van der Waals surface area contributed by atoms with E-state index < -0.39 is 45.4 Å². The Morgan fingerprint density at radius 3 is 2.47 bits per heavy atom. The van der Waals surface area contributed by atoms with Crippen molar-refractivity contribution in [2.75, 3.05) is 13.1 Å². The highest BCUT2D eigenvalue weighted by molar-refractivity contribution is 7.90. The van der Waals surface area contributed by atoms with Crippen LogP contribution in [0, 0.1) is 17.6 Å². The van der Waals surface area contributed by atoms with Gasteiger partial charge in [0, 0.05) is 24.2 Å². The van der Waals surface area contributed by atoms with Gasteiger partial charge < -0.3 is 9.64 Å². The number of Topliss-reactive ketones (excluding diaryl/α,β-unsaturated/α-hetero) is 1. The van der Waals surface area contributed by atoms with Crippen molar-refractivity contribution in [1.29, 1.82) is 0 Å². The smallest absolute Gasteiger partial charge is 0.309 e. The van der Waals surface area contributed by atoms with Crippen LogP contribution in [0.25, 0.3) is 0 Å². The molecule has 2 aliphatic rings. The number of likely N-dealkylation sites (tertiary alicyclic amines) is 1. The summed E-state index contributed by atoms with van der Waals surface area (Å²) < 4.78 is 60.1. The Hall–Kier alpha value is -3.14.